The lowest BCUT2D eigenvalue weighted by molar-refractivity contribution is -0.191. The molecule has 1 aliphatic heterocycles. The van der Waals surface area contributed by atoms with Gasteiger partial charge in [0, 0.05) is 30.2 Å². The number of aliphatic hydroxyl groups is 3. The van der Waals surface area contributed by atoms with Crippen molar-refractivity contribution in [1.29, 1.82) is 0 Å². The monoisotopic (exact) mass is 479 g/mol. The molecule has 0 amide bonds. The van der Waals surface area contributed by atoms with Gasteiger partial charge in [-0.05, 0) is 24.6 Å². The van der Waals surface area contributed by atoms with Crippen molar-refractivity contribution in [3.05, 3.63) is 64.5 Å². The summed E-state index contributed by atoms with van der Waals surface area (Å²) in [5, 5.41) is 33.2. The Hall–Kier alpha value is -2.92. The first-order chi connectivity index (χ1) is 16.0. The lowest BCUT2D eigenvalue weighted by Crippen LogP contribution is -2.63. The summed E-state index contributed by atoms with van der Waals surface area (Å²) in [7, 11) is 0. The van der Waals surface area contributed by atoms with Crippen molar-refractivity contribution in [2.45, 2.75) is 43.4 Å². The third kappa shape index (κ3) is 4.41. The zero-order valence-corrected chi connectivity index (χ0v) is 18.2. The van der Waals surface area contributed by atoms with E-state index in [-0.39, 0.29) is 41.9 Å². The zero-order chi connectivity index (χ0) is 24.7. The largest absolute Gasteiger partial charge is 0.422 e. The molecular formula is C24H24F3NO6. The number of anilines is 1. The number of hydrogen-bond donors (Lipinski definition) is 4. The lowest BCUT2D eigenvalue weighted by Gasteiger charge is -2.45. The molecule has 182 valence electrons. The van der Waals surface area contributed by atoms with E-state index in [1.165, 1.54) is 42.5 Å². The quantitative estimate of drug-likeness (QED) is 0.416. The van der Waals surface area contributed by atoms with Crippen molar-refractivity contribution in [2.75, 3.05) is 18.5 Å². The summed E-state index contributed by atoms with van der Waals surface area (Å²) < 4.78 is 53.1. The van der Waals surface area contributed by atoms with E-state index in [0.29, 0.717) is 0 Å². The first-order valence-electron chi connectivity index (χ1n) is 10.7. The van der Waals surface area contributed by atoms with Gasteiger partial charge >= 0.3 is 11.8 Å². The topological polar surface area (TPSA) is 112 Å². The van der Waals surface area contributed by atoms with E-state index in [9.17, 15) is 33.3 Å². The van der Waals surface area contributed by atoms with Crippen LogP contribution in [-0.4, -0.2) is 52.4 Å². The average Bonchev–Trinajstić information content (AvgIpc) is 2.78. The van der Waals surface area contributed by atoms with Crippen LogP contribution in [0.3, 0.4) is 0 Å². The number of halogens is 3. The third-order valence-electron chi connectivity index (χ3n) is 6.12. The maximum absolute atomic E-state index is 14.1. The predicted octanol–water partition coefficient (Wildman–Crippen LogP) is 3.15. The minimum atomic E-state index is -4.82. The molecule has 0 saturated carbocycles. The molecule has 1 saturated heterocycles. The molecule has 2 aromatic carbocycles. The van der Waals surface area contributed by atoms with Crippen molar-refractivity contribution in [3.8, 4) is 11.1 Å². The van der Waals surface area contributed by atoms with Crippen LogP contribution in [-0.2, 0) is 10.9 Å². The van der Waals surface area contributed by atoms with Gasteiger partial charge in [0.15, 0.2) is 0 Å². The molecule has 1 aromatic heterocycles. The first-order valence-corrected chi connectivity index (χ1v) is 10.7. The van der Waals surface area contributed by atoms with Gasteiger partial charge in [-0.3, -0.25) is 0 Å². The van der Waals surface area contributed by atoms with Crippen molar-refractivity contribution >= 4 is 16.7 Å². The van der Waals surface area contributed by atoms with E-state index in [4.69, 9.17) is 9.15 Å². The number of rotatable bonds is 5. The maximum Gasteiger partial charge on any atom is 0.417 e. The van der Waals surface area contributed by atoms with Crippen LogP contribution in [0.1, 0.15) is 18.9 Å². The summed E-state index contributed by atoms with van der Waals surface area (Å²) >= 11 is 0. The Balaban J connectivity index is 1.78. The summed E-state index contributed by atoms with van der Waals surface area (Å²) in [5.41, 5.74) is -4.43. The molecule has 0 aliphatic carbocycles. The van der Waals surface area contributed by atoms with E-state index >= 15 is 0 Å². The number of aliphatic hydroxyl groups excluding tert-OH is 2. The van der Waals surface area contributed by atoms with E-state index in [1.807, 2.05) is 0 Å². The molecule has 2 heterocycles. The Morgan fingerprint density at radius 2 is 1.88 bits per heavy atom. The summed E-state index contributed by atoms with van der Waals surface area (Å²) in [6.07, 6.45) is -6.85. The predicted molar refractivity (Wildman–Crippen MR) is 118 cm³/mol. The molecule has 4 atom stereocenters. The van der Waals surface area contributed by atoms with E-state index in [2.05, 4.69) is 5.32 Å². The number of fused-ring (bicyclic) bond motifs is 1. The fourth-order valence-corrected chi connectivity index (χ4v) is 4.31. The van der Waals surface area contributed by atoms with Gasteiger partial charge in [0.2, 0.25) is 0 Å². The normalized spacial score (nSPS) is 25.4. The second kappa shape index (κ2) is 9.03. The Labute approximate surface area is 192 Å². The molecule has 1 aliphatic rings. The number of nitrogens with one attached hydrogen (secondary N) is 1. The van der Waals surface area contributed by atoms with Gasteiger partial charge in [-0.1, -0.05) is 30.3 Å². The van der Waals surface area contributed by atoms with Crippen molar-refractivity contribution < 1.29 is 37.6 Å². The Morgan fingerprint density at radius 3 is 2.53 bits per heavy atom. The summed E-state index contributed by atoms with van der Waals surface area (Å²) in [6.45, 7) is 1.11. The van der Waals surface area contributed by atoms with E-state index < -0.39 is 46.8 Å². The minimum absolute atomic E-state index is 0.0900. The second-order valence-corrected chi connectivity index (χ2v) is 8.42. The fraction of sp³-hybridized carbons (Fsp3) is 0.375. The number of hydrogen-bond acceptors (Lipinski definition) is 7. The van der Waals surface area contributed by atoms with Crippen molar-refractivity contribution in [2.24, 2.45) is 0 Å². The van der Waals surface area contributed by atoms with Gasteiger partial charge in [-0.15, -0.1) is 0 Å². The molecule has 34 heavy (non-hydrogen) atoms. The molecule has 1 fully saturated rings. The highest BCUT2D eigenvalue weighted by molar-refractivity contribution is 5.89. The standard InChI is InChI=1S/C24H24F3NO6/c1-13-20(21(30)23(32,9-10-29)12-33-13)28-15-7-8-16-17(11-15)34-22(31)18(19(16)24(25,26)27)14-5-3-2-4-6-14/h2-8,11,13,20-21,28-30,32H,9-10,12H2,1H3/t13-,20?,21?,23-/m1/s1. The van der Waals surface area contributed by atoms with Gasteiger partial charge < -0.3 is 29.8 Å². The SMILES string of the molecule is C[C@H]1OC[C@](O)(CCO)C(O)C1Nc1ccc2c(C(F)(F)F)c(-c3ccccc3)c(=O)oc2c1. The van der Waals surface area contributed by atoms with Gasteiger partial charge in [0.05, 0.1) is 29.9 Å². The van der Waals surface area contributed by atoms with Crippen LogP contribution in [0.4, 0.5) is 18.9 Å². The van der Waals surface area contributed by atoms with Crippen LogP contribution >= 0.6 is 0 Å². The number of benzene rings is 2. The molecule has 2 unspecified atom stereocenters. The van der Waals surface area contributed by atoms with Crippen LogP contribution in [0.15, 0.2) is 57.7 Å². The fourth-order valence-electron chi connectivity index (χ4n) is 4.31. The van der Waals surface area contributed by atoms with Crippen LogP contribution in [0.25, 0.3) is 22.1 Å². The highest BCUT2D eigenvalue weighted by Gasteiger charge is 2.47. The molecule has 4 N–H and O–H groups in total. The van der Waals surface area contributed by atoms with Gasteiger partial charge in [0.25, 0.3) is 0 Å². The highest BCUT2D eigenvalue weighted by Crippen LogP contribution is 2.40. The summed E-state index contributed by atoms with van der Waals surface area (Å²) in [6, 6.07) is 10.4. The number of ether oxygens (including phenoxy) is 1. The Bertz CT molecular complexity index is 1230. The van der Waals surface area contributed by atoms with E-state index in [0.717, 1.165) is 0 Å². The van der Waals surface area contributed by atoms with Crippen LogP contribution in [0.5, 0.6) is 0 Å². The minimum Gasteiger partial charge on any atom is -0.422 e. The van der Waals surface area contributed by atoms with Gasteiger partial charge in [-0.25, -0.2) is 4.79 Å². The zero-order valence-electron chi connectivity index (χ0n) is 18.2. The molecule has 0 bridgehead atoms. The summed E-state index contributed by atoms with van der Waals surface area (Å²) in [4.78, 5) is 12.7. The van der Waals surface area contributed by atoms with Crippen LogP contribution < -0.4 is 10.9 Å². The smallest absolute Gasteiger partial charge is 0.417 e. The molecule has 3 aromatic rings. The van der Waals surface area contributed by atoms with Crippen molar-refractivity contribution in [3.63, 3.8) is 0 Å². The highest BCUT2D eigenvalue weighted by atomic mass is 19.4. The third-order valence-corrected chi connectivity index (χ3v) is 6.12. The molecule has 7 nitrogen and oxygen atoms in total. The van der Waals surface area contributed by atoms with Gasteiger partial charge in [0.1, 0.15) is 17.3 Å². The second-order valence-electron chi connectivity index (χ2n) is 8.42. The molecule has 4 rings (SSSR count). The van der Waals surface area contributed by atoms with Crippen LogP contribution in [0, 0.1) is 0 Å². The molecular weight excluding hydrogens is 455 g/mol. The Kier molecular flexibility index (Phi) is 6.43. The Morgan fingerprint density at radius 1 is 1.18 bits per heavy atom. The summed E-state index contributed by atoms with van der Waals surface area (Å²) in [5.74, 6) is 0. The lowest BCUT2D eigenvalue weighted by atomic mass is 9.84. The average molecular weight is 479 g/mol. The van der Waals surface area contributed by atoms with Crippen molar-refractivity contribution in [1.82, 2.24) is 0 Å². The first kappa shape index (κ1) is 24.2. The number of alkyl halides is 3. The maximum atomic E-state index is 14.1. The van der Waals surface area contributed by atoms with Gasteiger partial charge in [-0.2, -0.15) is 13.2 Å². The molecule has 10 heteroatoms. The van der Waals surface area contributed by atoms with E-state index in [1.54, 1.807) is 13.0 Å². The van der Waals surface area contributed by atoms with Crippen LogP contribution in [0.2, 0.25) is 0 Å². The molecule has 0 spiro atoms. The molecule has 0 radical (unpaired) electrons.